The molecule has 1 fully saturated rings. The maximum absolute atomic E-state index is 11.0. The Balaban J connectivity index is 2.35. The van der Waals surface area contributed by atoms with Crippen LogP contribution in [0.2, 0.25) is 0 Å². The standard InChI is InChI=1S/C13H17NO5S/c1-17-9-5-4-7(10(18-2)11(9)19-3)12-14-8(6-20-12)13(15)16/h4-5,8,12,14H,6H2,1-3H3,(H,15,16)/t8-,12?/m1/s1. The molecule has 2 N–H and O–H groups in total. The van der Waals surface area contributed by atoms with Crippen LogP contribution in [0.15, 0.2) is 12.1 Å². The number of ether oxygens (including phenoxy) is 3. The van der Waals surface area contributed by atoms with Crippen LogP contribution in [0.3, 0.4) is 0 Å². The van der Waals surface area contributed by atoms with Gasteiger partial charge in [-0.3, -0.25) is 10.1 Å². The molecule has 1 aromatic rings. The van der Waals surface area contributed by atoms with Crippen molar-refractivity contribution in [3.63, 3.8) is 0 Å². The van der Waals surface area contributed by atoms with E-state index in [1.165, 1.54) is 11.8 Å². The van der Waals surface area contributed by atoms with Gasteiger partial charge in [-0.2, -0.15) is 0 Å². The van der Waals surface area contributed by atoms with Crippen LogP contribution in [0.1, 0.15) is 10.9 Å². The number of aliphatic carboxylic acids is 1. The van der Waals surface area contributed by atoms with Crippen molar-refractivity contribution in [1.82, 2.24) is 5.32 Å². The quantitative estimate of drug-likeness (QED) is 0.853. The van der Waals surface area contributed by atoms with Crippen LogP contribution >= 0.6 is 11.8 Å². The molecule has 1 unspecified atom stereocenters. The van der Waals surface area contributed by atoms with E-state index in [9.17, 15) is 4.79 Å². The molecule has 20 heavy (non-hydrogen) atoms. The summed E-state index contributed by atoms with van der Waals surface area (Å²) in [7, 11) is 4.65. The first-order valence-corrected chi connectivity index (χ1v) is 7.06. The number of hydrogen-bond acceptors (Lipinski definition) is 6. The Labute approximate surface area is 121 Å². The molecule has 1 aliphatic heterocycles. The van der Waals surface area contributed by atoms with E-state index in [0.29, 0.717) is 23.0 Å². The molecule has 6 nitrogen and oxygen atoms in total. The lowest BCUT2D eigenvalue weighted by Crippen LogP contribution is -2.33. The van der Waals surface area contributed by atoms with Crippen LogP contribution in [0.5, 0.6) is 17.2 Å². The number of hydrogen-bond donors (Lipinski definition) is 2. The van der Waals surface area contributed by atoms with Gasteiger partial charge < -0.3 is 19.3 Å². The van der Waals surface area contributed by atoms with Gasteiger partial charge in [-0.15, -0.1) is 11.8 Å². The average Bonchev–Trinajstić information content (AvgIpc) is 2.95. The number of rotatable bonds is 5. The molecule has 0 radical (unpaired) electrons. The average molecular weight is 299 g/mol. The van der Waals surface area contributed by atoms with Gasteiger partial charge in [-0.25, -0.2) is 0 Å². The molecule has 1 heterocycles. The first-order chi connectivity index (χ1) is 9.62. The van der Waals surface area contributed by atoms with E-state index in [0.717, 1.165) is 5.56 Å². The summed E-state index contributed by atoms with van der Waals surface area (Å²) in [5, 5.41) is 11.9. The van der Waals surface area contributed by atoms with Crippen LogP contribution in [0.4, 0.5) is 0 Å². The molecular weight excluding hydrogens is 282 g/mol. The van der Waals surface area contributed by atoms with E-state index in [1.54, 1.807) is 27.4 Å². The minimum atomic E-state index is -0.848. The highest BCUT2D eigenvalue weighted by atomic mass is 32.2. The second-order valence-electron chi connectivity index (χ2n) is 4.19. The Morgan fingerprint density at radius 1 is 1.25 bits per heavy atom. The second-order valence-corrected chi connectivity index (χ2v) is 5.33. The summed E-state index contributed by atoms with van der Waals surface area (Å²) in [5.41, 5.74) is 0.846. The van der Waals surface area contributed by atoms with Crippen molar-refractivity contribution in [1.29, 1.82) is 0 Å². The van der Waals surface area contributed by atoms with E-state index in [1.807, 2.05) is 6.07 Å². The number of carbonyl (C=O) groups is 1. The van der Waals surface area contributed by atoms with Crippen molar-refractivity contribution in [3.8, 4) is 17.2 Å². The molecule has 1 saturated heterocycles. The molecule has 0 saturated carbocycles. The number of nitrogens with one attached hydrogen (secondary N) is 1. The van der Waals surface area contributed by atoms with Gasteiger partial charge in [-0.1, -0.05) is 0 Å². The lowest BCUT2D eigenvalue weighted by atomic mass is 10.1. The molecule has 2 rings (SSSR count). The lowest BCUT2D eigenvalue weighted by Gasteiger charge is -2.19. The highest BCUT2D eigenvalue weighted by Gasteiger charge is 2.33. The largest absolute Gasteiger partial charge is 0.493 e. The minimum Gasteiger partial charge on any atom is -0.493 e. The molecule has 1 aliphatic rings. The smallest absolute Gasteiger partial charge is 0.321 e. The summed E-state index contributed by atoms with van der Waals surface area (Å²) in [4.78, 5) is 11.0. The van der Waals surface area contributed by atoms with Gasteiger partial charge in [0.2, 0.25) is 5.75 Å². The normalized spacial score (nSPS) is 21.6. The molecule has 0 aromatic heterocycles. The SMILES string of the molecule is COc1ccc(C2N[C@@H](C(=O)O)CS2)c(OC)c1OC. The Bertz CT molecular complexity index is 508. The molecule has 0 spiro atoms. The van der Waals surface area contributed by atoms with E-state index < -0.39 is 12.0 Å². The van der Waals surface area contributed by atoms with Gasteiger partial charge in [0, 0.05) is 11.3 Å². The lowest BCUT2D eigenvalue weighted by molar-refractivity contribution is -0.138. The maximum atomic E-state index is 11.0. The van der Waals surface area contributed by atoms with Crippen molar-refractivity contribution < 1.29 is 24.1 Å². The summed E-state index contributed by atoms with van der Waals surface area (Å²) in [6.45, 7) is 0. The van der Waals surface area contributed by atoms with Gasteiger partial charge in [-0.05, 0) is 12.1 Å². The van der Waals surface area contributed by atoms with E-state index in [2.05, 4.69) is 5.32 Å². The van der Waals surface area contributed by atoms with E-state index in [-0.39, 0.29) is 5.37 Å². The minimum absolute atomic E-state index is 0.147. The van der Waals surface area contributed by atoms with E-state index in [4.69, 9.17) is 19.3 Å². The van der Waals surface area contributed by atoms with Gasteiger partial charge in [0.1, 0.15) is 6.04 Å². The third kappa shape index (κ3) is 2.64. The summed E-state index contributed by atoms with van der Waals surface area (Å²) in [6.07, 6.45) is 0. The molecule has 2 atom stereocenters. The zero-order valence-electron chi connectivity index (χ0n) is 11.5. The summed E-state index contributed by atoms with van der Waals surface area (Å²) < 4.78 is 16.0. The summed E-state index contributed by atoms with van der Waals surface area (Å²) >= 11 is 1.53. The fourth-order valence-corrected chi connectivity index (χ4v) is 3.37. The maximum Gasteiger partial charge on any atom is 0.321 e. The van der Waals surface area contributed by atoms with Crippen molar-refractivity contribution in [3.05, 3.63) is 17.7 Å². The van der Waals surface area contributed by atoms with Gasteiger partial charge in [0.25, 0.3) is 0 Å². The highest BCUT2D eigenvalue weighted by Crippen LogP contribution is 2.46. The van der Waals surface area contributed by atoms with Crippen molar-refractivity contribution in [2.24, 2.45) is 0 Å². The number of carboxylic acid groups (broad SMARTS) is 1. The fraction of sp³-hybridized carbons (Fsp3) is 0.462. The van der Waals surface area contributed by atoms with Crippen LogP contribution in [-0.2, 0) is 4.79 Å². The first-order valence-electron chi connectivity index (χ1n) is 6.01. The van der Waals surface area contributed by atoms with Crippen molar-refractivity contribution in [2.45, 2.75) is 11.4 Å². The van der Waals surface area contributed by atoms with Gasteiger partial charge in [0.05, 0.1) is 26.7 Å². The summed E-state index contributed by atoms with van der Waals surface area (Å²) in [5.74, 6) is 1.30. The van der Waals surface area contributed by atoms with Gasteiger partial charge >= 0.3 is 5.97 Å². The molecule has 0 bridgehead atoms. The number of thioether (sulfide) groups is 1. The number of carboxylic acids is 1. The monoisotopic (exact) mass is 299 g/mol. The summed E-state index contributed by atoms with van der Waals surface area (Å²) in [6, 6.07) is 3.09. The Morgan fingerprint density at radius 3 is 2.45 bits per heavy atom. The Morgan fingerprint density at radius 2 is 1.95 bits per heavy atom. The zero-order valence-corrected chi connectivity index (χ0v) is 12.3. The van der Waals surface area contributed by atoms with Crippen molar-refractivity contribution in [2.75, 3.05) is 27.1 Å². The first kappa shape index (κ1) is 14.8. The van der Waals surface area contributed by atoms with Crippen LogP contribution in [0.25, 0.3) is 0 Å². The molecule has 0 amide bonds. The zero-order chi connectivity index (χ0) is 14.7. The topological polar surface area (TPSA) is 77.0 Å². The van der Waals surface area contributed by atoms with Crippen molar-refractivity contribution >= 4 is 17.7 Å². The molecular formula is C13H17NO5S. The Kier molecular flexibility index (Phi) is 4.61. The fourth-order valence-electron chi connectivity index (χ4n) is 2.12. The van der Waals surface area contributed by atoms with Crippen LogP contribution in [0, 0.1) is 0 Å². The number of benzene rings is 1. The second kappa shape index (κ2) is 6.23. The highest BCUT2D eigenvalue weighted by molar-refractivity contribution is 7.99. The van der Waals surface area contributed by atoms with E-state index >= 15 is 0 Å². The molecule has 0 aliphatic carbocycles. The Hall–Kier alpha value is -1.60. The van der Waals surface area contributed by atoms with Crippen LogP contribution < -0.4 is 19.5 Å². The third-order valence-electron chi connectivity index (χ3n) is 3.10. The third-order valence-corrected chi connectivity index (χ3v) is 4.35. The molecule has 7 heteroatoms. The van der Waals surface area contributed by atoms with Crippen LogP contribution in [-0.4, -0.2) is 44.2 Å². The molecule has 1 aromatic carbocycles. The predicted molar refractivity (Wildman–Crippen MR) is 75.9 cm³/mol. The number of methoxy groups -OCH3 is 3. The van der Waals surface area contributed by atoms with Gasteiger partial charge in [0.15, 0.2) is 11.5 Å². The predicted octanol–water partition coefficient (Wildman–Crippen LogP) is 1.50. The molecule has 110 valence electrons.